The van der Waals surface area contributed by atoms with E-state index in [4.69, 9.17) is 16.7 Å². The largest absolute Gasteiger partial charge is 0.392 e. The van der Waals surface area contributed by atoms with Crippen LogP contribution in [0.1, 0.15) is 13.8 Å². The zero-order chi connectivity index (χ0) is 12.8. The average Bonchev–Trinajstić information content (AvgIpc) is 2.28. The van der Waals surface area contributed by atoms with Gasteiger partial charge in [-0.1, -0.05) is 11.6 Å². The standard InChI is InChI=1S/C12H16ClNO2S/c1-8(15)7-14-12(16)9(2)17-11-5-3-10(13)4-6-11/h3-6,8-9,15H,7H2,1-2H3,(H,14,16). The van der Waals surface area contributed by atoms with Gasteiger partial charge in [0.25, 0.3) is 0 Å². The fraction of sp³-hybridized carbons (Fsp3) is 0.417. The summed E-state index contributed by atoms with van der Waals surface area (Å²) in [6.45, 7) is 3.75. The Balaban J connectivity index is 2.45. The molecule has 0 bridgehead atoms. The molecule has 2 unspecified atom stereocenters. The summed E-state index contributed by atoms with van der Waals surface area (Å²) < 4.78 is 0. The number of carbonyl (C=O) groups is 1. The molecule has 0 aromatic heterocycles. The number of benzene rings is 1. The second-order valence-electron chi connectivity index (χ2n) is 3.81. The van der Waals surface area contributed by atoms with Crippen molar-refractivity contribution in [3.63, 3.8) is 0 Å². The van der Waals surface area contributed by atoms with Gasteiger partial charge in [0.2, 0.25) is 5.91 Å². The molecule has 0 fully saturated rings. The fourth-order valence-corrected chi connectivity index (χ4v) is 2.18. The van der Waals surface area contributed by atoms with Crippen molar-refractivity contribution in [1.29, 1.82) is 0 Å². The second kappa shape index (κ2) is 6.89. The molecule has 0 aliphatic heterocycles. The van der Waals surface area contributed by atoms with Gasteiger partial charge in [0.1, 0.15) is 0 Å². The predicted octanol–water partition coefficient (Wildman–Crippen LogP) is 2.32. The minimum atomic E-state index is -0.522. The van der Waals surface area contributed by atoms with Gasteiger partial charge in [-0.2, -0.15) is 0 Å². The van der Waals surface area contributed by atoms with Crippen molar-refractivity contribution in [3.05, 3.63) is 29.3 Å². The lowest BCUT2D eigenvalue weighted by atomic mass is 10.3. The molecule has 0 saturated heterocycles. The average molecular weight is 274 g/mol. The maximum Gasteiger partial charge on any atom is 0.233 e. The topological polar surface area (TPSA) is 49.3 Å². The van der Waals surface area contributed by atoms with Crippen LogP contribution in [0.15, 0.2) is 29.2 Å². The third-order valence-corrected chi connectivity index (χ3v) is 3.43. The SMILES string of the molecule is CC(O)CNC(=O)C(C)Sc1ccc(Cl)cc1. The maximum absolute atomic E-state index is 11.6. The molecule has 2 N–H and O–H groups in total. The molecule has 0 heterocycles. The second-order valence-corrected chi connectivity index (χ2v) is 5.66. The number of thioether (sulfide) groups is 1. The Bertz CT molecular complexity index is 367. The Kier molecular flexibility index (Phi) is 5.82. The van der Waals surface area contributed by atoms with E-state index in [1.165, 1.54) is 11.8 Å². The summed E-state index contributed by atoms with van der Waals surface area (Å²) in [5.74, 6) is -0.0779. The molecule has 0 saturated carbocycles. The number of amides is 1. The van der Waals surface area contributed by atoms with E-state index in [0.29, 0.717) is 5.02 Å². The van der Waals surface area contributed by atoms with E-state index < -0.39 is 6.10 Å². The van der Waals surface area contributed by atoms with Crippen LogP contribution in [-0.4, -0.2) is 28.9 Å². The normalized spacial score (nSPS) is 14.1. The van der Waals surface area contributed by atoms with Crippen LogP contribution in [0.2, 0.25) is 5.02 Å². The first kappa shape index (κ1) is 14.4. The van der Waals surface area contributed by atoms with Crippen LogP contribution >= 0.6 is 23.4 Å². The molecule has 1 aromatic rings. The van der Waals surface area contributed by atoms with Crippen LogP contribution in [0, 0.1) is 0 Å². The summed E-state index contributed by atoms with van der Waals surface area (Å²) in [4.78, 5) is 12.6. The molecule has 1 aromatic carbocycles. The van der Waals surface area contributed by atoms with E-state index in [1.807, 2.05) is 19.1 Å². The first-order valence-electron chi connectivity index (χ1n) is 5.37. The van der Waals surface area contributed by atoms with Gasteiger partial charge in [-0.15, -0.1) is 11.8 Å². The highest BCUT2D eigenvalue weighted by molar-refractivity contribution is 8.00. The lowest BCUT2D eigenvalue weighted by Gasteiger charge is -2.12. The molecule has 1 rings (SSSR count). The van der Waals surface area contributed by atoms with Crippen LogP contribution in [0.3, 0.4) is 0 Å². The molecule has 94 valence electrons. The monoisotopic (exact) mass is 273 g/mol. The Morgan fingerprint density at radius 3 is 2.53 bits per heavy atom. The zero-order valence-electron chi connectivity index (χ0n) is 9.81. The third-order valence-electron chi connectivity index (χ3n) is 2.07. The highest BCUT2D eigenvalue weighted by Crippen LogP contribution is 2.24. The zero-order valence-corrected chi connectivity index (χ0v) is 11.4. The number of carbonyl (C=O) groups excluding carboxylic acids is 1. The molecule has 1 amide bonds. The highest BCUT2D eigenvalue weighted by Gasteiger charge is 2.14. The molecular formula is C12H16ClNO2S. The summed E-state index contributed by atoms with van der Waals surface area (Å²) in [5.41, 5.74) is 0. The Labute approximate surface area is 111 Å². The maximum atomic E-state index is 11.6. The van der Waals surface area contributed by atoms with Crippen LogP contribution in [-0.2, 0) is 4.79 Å². The van der Waals surface area contributed by atoms with Crippen molar-refractivity contribution in [2.75, 3.05) is 6.54 Å². The van der Waals surface area contributed by atoms with Gasteiger partial charge in [0, 0.05) is 16.5 Å². The van der Waals surface area contributed by atoms with E-state index in [0.717, 1.165) is 4.90 Å². The van der Waals surface area contributed by atoms with Crippen LogP contribution in [0.5, 0.6) is 0 Å². The van der Waals surface area contributed by atoms with Gasteiger partial charge in [-0.3, -0.25) is 4.79 Å². The van der Waals surface area contributed by atoms with Gasteiger partial charge in [0.05, 0.1) is 11.4 Å². The van der Waals surface area contributed by atoms with E-state index in [1.54, 1.807) is 19.1 Å². The van der Waals surface area contributed by atoms with Crippen molar-refractivity contribution in [3.8, 4) is 0 Å². The Morgan fingerprint density at radius 1 is 1.41 bits per heavy atom. The summed E-state index contributed by atoms with van der Waals surface area (Å²) in [6, 6.07) is 7.35. The van der Waals surface area contributed by atoms with Gasteiger partial charge in [-0.25, -0.2) is 0 Å². The minimum absolute atomic E-state index is 0.0779. The quantitative estimate of drug-likeness (QED) is 0.810. The van der Waals surface area contributed by atoms with Crippen LogP contribution < -0.4 is 5.32 Å². The number of rotatable bonds is 5. The lowest BCUT2D eigenvalue weighted by Crippen LogP contribution is -2.35. The fourth-order valence-electron chi connectivity index (χ4n) is 1.16. The van der Waals surface area contributed by atoms with Crippen molar-refractivity contribution in [2.24, 2.45) is 0 Å². The van der Waals surface area contributed by atoms with Crippen molar-refractivity contribution in [1.82, 2.24) is 5.32 Å². The third kappa shape index (κ3) is 5.44. The van der Waals surface area contributed by atoms with Gasteiger partial charge in [0.15, 0.2) is 0 Å². The summed E-state index contributed by atoms with van der Waals surface area (Å²) in [5, 5.41) is 12.2. The molecule has 0 aliphatic carbocycles. The molecule has 0 radical (unpaired) electrons. The molecule has 5 heteroatoms. The van der Waals surface area contributed by atoms with E-state index in [-0.39, 0.29) is 17.7 Å². The lowest BCUT2D eigenvalue weighted by molar-refractivity contribution is -0.120. The molecule has 3 nitrogen and oxygen atoms in total. The number of aliphatic hydroxyl groups excluding tert-OH is 1. The number of nitrogens with one attached hydrogen (secondary N) is 1. The molecule has 0 aliphatic rings. The summed E-state index contributed by atoms with van der Waals surface area (Å²) in [7, 11) is 0. The Morgan fingerprint density at radius 2 is 2.00 bits per heavy atom. The van der Waals surface area contributed by atoms with Crippen molar-refractivity contribution < 1.29 is 9.90 Å². The van der Waals surface area contributed by atoms with Gasteiger partial charge in [-0.05, 0) is 38.1 Å². The smallest absolute Gasteiger partial charge is 0.233 e. The van der Waals surface area contributed by atoms with E-state index >= 15 is 0 Å². The molecular weight excluding hydrogens is 258 g/mol. The number of halogens is 1. The summed E-state index contributed by atoms with van der Waals surface area (Å²) in [6.07, 6.45) is -0.522. The minimum Gasteiger partial charge on any atom is -0.392 e. The van der Waals surface area contributed by atoms with Crippen molar-refractivity contribution in [2.45, 2.75) is 30.1 Å². The number of hydrogen-bond donors (Lipinski definition) is 2. The van der Waals surface area contributed by atoms with Crippen LogP contribution in [0.4, 0.5) is 0 Å². The molecule has 17 heavy (non-hydrogen) atoms. The number of hydrogen-bond acceptors (Lipinski definition) is 3. The van der Waals surface area contributed by atoms with E-state index in [2.05, 4.69) is 5.32 Å². The first-order valence-corrected chi connectivity index (χ1v) is 6.63. The Hall–Kier alpha value is -0.710. The first-order chi connectivity index (χ1) is 7.99. The highest BCUT2D eigenvalue weighted by atomic mass is 35.5. The number of aliphatic hydroxyl groups is 1. The summed E-state index contributed by atoms with van der Waals surface area (Å²) >= 11 is 7.24. The van der Waals surface area contributed by atoms with Gasteiger partial charge < -0.3 is 10.4 Å². The molecule has 2 atom stereocenters. The van der Waals surface area contributed by atoms with Crippen molar-refractivity contribution >= 4 is 29.3 Å². The predicted molar refractivity (Wildman–Crippen MR) is 71.5 cm³/mol. The molecule has 0 spiro atoms. The van der Waals surface area contributed by atoms with Gasteiger partial charge >= 0.3 is 0 Å². The van der Waals surface area contributed by atoms with E-state index in [9.17, 15) is 4.79 Å². The van der Waals surface area contributed by atoms with Crippen LogP contribution in [0.25, 0.3) is 0 Å².